The Labute approximate surface area is 111 Å². The third-order valence-electron chi connectivity index (χ3n) is 4.39. The Balaban J connectivity index is 1.72. The second kappa shape index (κ2) is 6.53. The molecule has 2 rings (SSSR count). The van der Waals surface area contributed by atoms with Crippen LogP contribution in [0.3, 0.4) is 0 Å². The highest BCUT2D eigenvalue weighted by atomic mass is 16.2. The Kier molecular flexibility index (Phi) is 5.01. The van der Waals surface area contributed by atoms with Gasteiger partial charge in [-0.25, -0.2) is 0 Å². The van der Waals surface area contributed by atoms with E-state index in [1.165, 1.54) is 25.7 Å². The van der Waals surface area contributed by atoms with Crippen molar-refractivity contribution in [2.45, 2.75) is 57.5 Å². The van der Waals surface area contributed by atoms with Gasteiger partial charge in [0.25, 0.3) is 0 Å². The van der Waals surface area contributed by atoms with E-state index in [1.54, 1.807) is 0 Å². The number of hydrogen-bond acceptors (Lipinski definition) is 3. The van der Waals surface area contributed by atoms with Crippen LogP contribution < -0.4 is 5.32 Å². The van der Waals surface area contributed by atoms with Crippen molar-refractivity contribution in [2.75, 3.05) is 26.8 Å². The Morgan fingerprint density at radius 1 is 1.39 bits per heavy atom. The van der Waals surface area contributed by atoms with Crippen LogP contribution in [0.25, 0.3) is 0 Å². The molecule has 1 aliphatic carbocycles. The van der Waals surface area contributed by atoms with E-state index >= 15 is 0 Å². The topological polar surface area (TPSA) is 35.6 Å². The van der Waals surface area contributed by atoms with E-state index in [0.717, 1.165) is 38.6 Å². The molecular formula is C14H27N3O. The van der Waals surface area contributed by atoms with Crippen molar-refractivity contribution in [3.05, 3.63) is 0 Å². The molecule has 0 bridgehead atoms. The van der Waals surface area contributed by atoms with Gasteiger partial charge in [0.1, 0.15) is 0 Å². The third-order valence-corrected chi connectivity index (χ3v) is 4.39. The number of nitrogens with one attached hydrogen (secondary N) is 1. The molecule has 104 valence electrons. The fourth-order valence-corrected chi connectivity index (χ4v) is 3.12. The minimum Gasteiger partial charge on any atom is -0.327 e. The summed E-state index contributed by atoms with van der Waals surface area (Å²) in [7, 11) is 2.20. The Bertz CT molecular complexity index is 276. The fourth-order valence-electron chi connectivity index (χ4n) is 3.12. The maximum Gasteiger partial charge on any atom is 0.240 e. The highest BCUT2D eigenvalue weighted by Crippen LogP contribution is 2.22. The first-order chi connectivity index (χ1) is 8.72. The molecule has 1 aliphatic heterocycles. The molecule has 1 heterocycles. The quantitative estimate of drug-likeness (QED) is 0.777. The lowest BCUT2D eigenvalue weighted by Crippen LogP contribution is -2.39. The van der Waals surface area contributed by atoms with Crippen LogP contribution in [0.2, 0.25) is 0 Å². The van der Waals surface area contributed by atoms with Crippen LogP contribution in [0.1, 0.15) is 45.4 Å². The lowest BCUT2D eigenvalue weighted by atomic mass is 10.1. The first-order valence-corrected chi connectivity index (χ1v) is 7.44. The molecule has 1 amide bonds. The molecular weight excluding hydrogens is 226 g/mol. The predicted molar refractivity (Wildman–Crippen MR) is 73.3 cm³/mol. The van der Waals surface area contributed by atoms with Crippen molar-refractivity contribution < 1.29 is 4.79 Å². The first-order valence-electron chi connectivity index (χ1n) is 7.44. The molecule has 2 aliphatic rings. The molecule has 1 saturated carbocycles. The summed E-state index contributed by atoms with van der Waals surface area (Å²) in [5.74, 6) is 0.302. The average molecular weight is 253 g/mol. The predicted octanol–water partition coefficient (Wildman–Crippen LogP) is 1.42. The number of nitrogens with zero attached hydrogens (tertiary/aromatic N) is 2. The second-order valence-electron chi connectivity index (χ2n) is 5.72. The number of amides is 1. The molecule has 0 radical (unpaired) electrons. The number of likely N-dealkylation sites (N-methyl/N-ethyl adjacent to an activating group) is 1. The summed E-state index contributed by atoms with van der Waals surface area (Å²) in [6.45, 7) is 4.75. The summed E-state index contributed by atoms with van der Waals surface area (Å²) in [4.78, 5) is 16.5. The summed E-state index contributed by atoms with van der Waals surface area (Å²) in [6.07, 6.45) is 7.45. The van der Waals surface area contributed by atoms with E-state index in [0.29, 0.717) is 5.91 Å². The molecule has 0 aromatic heterocycles. The van der Waals surface area contributed by atoms with Crippen LogP contribution >= 0.6 is 0 Å². The lowest BCUT2D eigenvalue weighted by Gasteiger charge is -2.26. The van der Waals surface area contributed by atoms with E-state index in [2.05, 4.69) is 24.2 Å². The van der Waals surface area contributed by atoms with Gasteiger partial charge in [0.05, 0.1) is 12.7 Å². The van der Waals surface area contributed by atoms with Gasteiger partial charge in [0.2, 0.25) is 5.91 Å². The Morgan fingerprint density at radius 3 is 2.78 bits per heavy atom. The molecule has 1 unspecified atom stereocenters. The molecule has 4 heteroatoms. The van der Waals surface area contributed by atoms with Crippen molar-refractivity contribution >= 4 is 5.91 Å². The van der Waals surface area contributed by atoms with E-state index in [9.17, 15) is 4.79 Å². The molecule has 0 aromatic rings. The molecule has 0 spiro atoms. The van der Waals surface area contributed by atoms with Gasteiger partial charge in [-0.05, 0) is 26.3 Å². The molecule has 0 aromatic carbocycles. The van der Waals surface area contributed by atoms with Crippen LogP contribution in [0.4, 0.5) is 0 Å². The minimum atomic E-state index is 0.0757. The van der Waals surface area contributed by atoms with E-state index in [1.807, 2.05) is 4.90 Å². The minimum absolute atomic E-state index is 0.0757. The van der Waals surface area contributed by atoms with E-state index in [4.69, 9.17) is 0 Å². The highest BCUT2D eigenvalue weighted by molar-refractivity contribution is 5.83. The van der Waals surface area contributed by atoms with Crippen LogP contribution in [0, 0.1) is 0 Å². The summed E-state index contributed by atoms with van der Waals surface area (Å²) in [5.41, 5.74) is 0. The second-order valence-corrected chi connectivity index (χ2v) is 5.72. The van der Waals surface area contributed by atoms with Crippen molar-refractivity contribution in [1.82, 2.24) is 15.1 Å². The molecule has 2 fully saturated rings. The Hall–Kier alpha value is -0.610. The van der Waals surface area contributed by atoms with Crippen molar-refractivity contribution in [3.8, 4) is 0 Å². The summed E-state index contributed by atoms with van der Waals surface area (Å²) >= 11 is 0. The molecule has 1 N–H and O–H groups in total. The summed E-state index contributed by atoms with van der Waals surface area (Å²) in [5, 5.41) is 3.31. The van der Waals surface area contributed by atoms with Crippen LogP contribution in [0.5, 0.6) is 0 Å². The zero-order chi connectivity index (χ0) is 13.0. The van der Waals surface area contributed by atoms with Crippen molar-refractivity contribution in [1.29, 1.82) is 0 Å². The lowest BCUT2D eigenvalue weighted by molar-refractivity contribution is -0.129. The van der Waals surface area contributed by atoms with E-state index < -0.39 is 0 Å². The molecule has 1 saturated heterocycles. The maximum atomic E-state index is 12.1. The van der Waals surface area contributed by atoms with Gasteiger partial charge in [-0.1, -0.05) is 26.2 Å². The zero-order valence-corrected chi connectivity index (χ0v) is 11.8. The number of carbonyl (C=O) groups excluding carboxylic acids is 1. The van der Waals surface area contributed by atoms with Crippen LogP contribution in [-0.2, 0) is 4.79 Å². The highest BCUT2D eigenvalue weighted by Gasteiger charge is 2.30. The van der Waals surface area contributed by atoms with Crippen molar-refractivity contribution in [3.63, 3.8) is 0 Å². The van der Waals surface area contributed by atoms with Gasteiger partial charge in [-0.2, -0.15) is 0 Å². The number of hydrogen-bond donors (Lipinski definition) is 1. The van der Waals surface area contributed by atoms with E-state index in [-0.39, 0.29) is 6.04 Å². The monoisotopic (exact) mass is 253 g/mol. The number of rotatable bonds is 6. The normalized spacial score (nSPS) is 25.6. The summed E-state index contributed by atoms with van der Waals surface area (Å²) in [6, 6.07) is 0.828. The fraction of sp³-hybridized carbons (Fsp3) is 0.929. The van der Waals surface area contributed by atoms with Crippen molar-refractivity contribution in [2.24, 2.45) is 0 Å². The molecule has 18 heavy (non-hydrogen) atoms. The summed E-state index contributed by atoms with van der Waals surface area (Å²) < 4.78 is 0. The maximum absolute atomic E-state index is 12.1. The number of carbonyl (C=O) groups is 1. The van der Waals surface area contributed by atoms with Gasteiger partial charge in [-0.15, -0.1) is 0 Å². The van der Waals surface area contributed by atoms with Crippen LogP contribution in [0.15, 0.2) is 0 Å². The van der Waals surface area contributed by atoms with Gasteiger partial charge in [0.15, 0.2) is 0 Å². The van der Waals surface area contributed by atoms with Gasteiger partial charge < -0.3 is 9.80 Å². The first kappa shape index (κ1) is 13.8. The van der Waals surface area contributed by atoms with Crippen LogP contribution in [-0.4, -0.2) is 54.6 Å². The largest absolute Gasteiger partial charge is 0.327 e. The standard InChI is InChI=1S/C14H27N3O/c1-3-6-13-14(18)17(11-15-13)10-9-16(2)12-7-4-5-8-12/h12-13,15H,3-11H2,1-2H3. The average Bonchev–Trinajstić information content (AvgIpc) is 2.99. The molecule has 4 nitrogen and oxygen atoms in total. The SMILES string of the molecule is CCCC1NCN(CCN(C)C2CCCC2)C1=O. The third kappa shape index (κ3) is 3.23. The smallest absolute Gasteiger partial charge is 0.240 e. The molecule has 1 atom stereocenters. The Morgan fingerprint density at radius 2 is 2.11 bits per heavy atom. The zero-order valence-electron chi connectivity index (χ0n) is 11.8. The van der Waals surface area contributed by atoms with Gasteiger partial charge in [0, 0.05) is 19.1 Å². The van der Waals surface area contributed by atoms with Gasteiger partial charge >= 0.3 is 0 Å². The van der Waals surface area contributed by atoms with Gasteiger partial charge in [-0.3, -0.25) is 10.1 Å².